The zero-order valence-electron chi connectivity index (χ0n) is 21.9. The molecule has 0 fully saturated rings. The second-order valence-corrected chi connectivity index (χ2v) is 11.0. The predicted octanol–water partition coefficient (Wildman–Crippen LogP) is 8.25. The van der Waals surface area contributed by atoms with Crippen LogP contribution in [0.25, 0.3) is 77.1 Å². The van der Waals surface area contributed by atoms with Crippen molar-refractivity contribution in [2.75, 3.05) is 0 Å². The highest BCUT2D eigenvalue weighted by atomic mass is 15.1. The zero-order valence-corrected chi connectivity index (χ0v) is 21.9. The highest BCUT2D eigenvalue weighted by Crippen LogP contribution is 2.44. The smallest absolute Gasteiger partial charge is 0.178 e. The number of para-hydroxylation sites is 1. The number of benzene rings is 4. The van der Waals surface area contributed by atoms with Crippen LogP contribution in [-0.4, -0.2) is 23.9 Å². The van der Waals surface area contributed by atoms with Crippen LogP contribution in [0.5, 0.6) is 0 Å². The average Bonchev–Trinajstić information content (AvgIpc) is 3.69. The van der Waals surface area contributed by atoms with Crippen LogP contribution in [0.4, 0.5) is 0 Å². The van der Waals surface area contributed by atoms with E-state index >= 15 is 0 Å². The van der Waals surface area contributed by atoms with Crippen LogP contribution >= 0.6 is 0 Å². The van der Waals surface area contributed by atoms with Gasteiger partial charge in [0.15, 0.2) is 5.65 Å². The normalized spacial score (nSPS) is 12.8. The maximum absolute atomic E-state index is 5.05. The van der Waals surface area contributed by atoms with Crippen LogP contribution in [-0.2, 0) is 6.42 Å². The van der Waals surface area contributed by atoms with Gasteiger partial charge in [-0.3, -0.25) is 9.38 Å². The third-order valence-electron chi connectivity index (χ3n) is 8.83. The molecule has 9 aromatic rings. The SMILES string of the molecule is c1ccc(-n2c3cc4c(cc3c3cc5c(cc32)c2cnccc2n2c3cccnc3nc52)Cc2ccccc2-4)cc1. The molecule has 0 radical (unpaired) electrons. The molecule has 0 saturated carbocycles. The summed E-state index contributed by atoms with van der Waals surface area (Å²) in [7, 11) is 0. The summed E-state index contributed by atoms with van der Waals surface area (Å²) < 4.78 is 4.65. The Morgan fingerprint density at radius 2 is 1.41 bits per heavy atom. The standard InChI is InChI=1S/C36H21N5/c1-2-8-23(9-3-1)40-33-18-25-22(15-21-7-4-5-10-24(21)25)16-27(33)28-17-29-26(19-34(28)40)30-20-37-14-12-31(30)41-32-11-6-13-38-35(32)39-36(29)41/h1-14,16-20H,15H2. The monoisotopic (exact) mass is 523 g/mol. The summed E-state index contributed by atoms with van der Waals surface area (Å²) in [5, 5.41) is 5.82. The van der Waals surface area contributed by atoms with E-state index < -0.39 is 0 Å². The Kier molecular flexibility index (Phi) is 3.92. The molecule has 0 spiro atoms. The van der Waals surface area contributed by atoms with E-state index in [0.717, 1.165) is 50.6 Å². The minimum atomic E-state index is 0.750. The topological polar surface area (TPSA) is 48.0 Å². The Hall–Kier alpha value is -5.55. The molecule has 0 atom stereocenters. The number of aromatic nitrogens is 5. The number of hydrogen-bond donors (Lipinski definition) is 0. The van der Waals surface area contributed by atoms with Gasteiger partial charge in [0.1, 0.15) is 5.65 Å². The van der Waals surface area contributed by atoms with E-state index in [0.29, 0.717) is 0 Å². The molecule has 0 unspecified atom stereocenters. The van der Waals surface area contributed by atoms with Gasteiger partial charge in [0.2, 0.25) is 0 Å². The number of rotatable bonds is 1. The van der Waals surface area contributed by atoms with Crippen LogP contribution in [0, 0.1) is 0 Å². The first kappa shape index (κ1) is 21.3. The van der Waals surface area contributed by atoms with Crippen molar-refractivity contribution in [3.05, 3.63) is 127 Å². The summed E-state index contributed by atoms with van der Waals surface area (Å²) in [5.74, 6) is 0. The number of fused-ring (bicyclic) bond motifs is 14. The number of nitrogens with zero attached hydrogens (tertiary/aromatic N) is 5. The second-order valence-electron chi connectivity index (χ2n) is 11.0. The zero-order chi connectivity index (χ0) is 26.7. The minimum Gasteiger partial charge on any atom is -0.309 e. The summed E-state index contributed by atoms with van der Waals surface area (Å²) in [6.07, 6.45) is 6.61. The van der Waals surface area contributed by atoms with E-state index in [1.807, 2.05) is 24.7 Å². The quantitative estimate of drug-likeness (QED) is 0.204. The fourth-order valence-corrected chi connectivity index (χ4v) is 7.08. The first-order chi connectivity index (χ1) is 20.3. The first-order valence-corrected chi connectivity index (χ1v) is 13.9. The highest BCUT2D eigenvalue weighted by molar-refractivity contribution is 6.21. The molecule has 5 nitrogen and oxygen atoms in total. The summed E-state index contributed by atoms with van der Waals surface area (Å²) in [6.45, 7) is 0. The Labute approximate surface area is 234 Å². The van der Waals surface area contributed by atoms with E-state index in [1.165, 1.54) is 44.1 Å². The van der Waals surface area contributed by atoms with Gasteiger partial charge >= 0.3 is 0 Å². The van der Waals surface area contributed by atoms with Crippen molar-refractivity contribution in [1.82, 2.24) is 23.9 Å². The maximum atomic E-state index is 5.05. The van der Waals surface area contributed by atoms with Crippen molar-refractivity contribution in [2.45, 2.75) is 6.42 Å². The van der Waals surface area contributed by atoms with Crippen LogP contribution < -0.4 is 0 Å². The molecule has 5 heterocycles. The van der Waals surface area contributed by atoms with Gasteiger partial charge in [0.05, 0.1) is 22.1 Å². The van der Waals surface area contributed by atoms with Crippen LogP contribution in [0.3, 0.4) is 0 Å². The Morgan fingerprint density at radius 1 is 0.561 bits per heavy atom. The van der Waals surface area contributed by atoms with Gasteiger partial charge in [-0.15, -0.1) is 0 Å². The lowest BCUT2D eigenvalue weighted by Gasteiger charge is -2.11. The number of pyridine rings is 3. The molecule has 5 heteroatoms. The van der Waals surface area contributed by atoms with Crippen molar-refractivity contribution in [1.29, 1.82) is 0 Å². The summed E-state index contributed by atoms with van der Waals surface area (Å²) in [5.41, 5.74) is 12.8. The molecule has 10 rings (SSSR count). The minimum absolute atomic E-state index is 0.750. The fourth-order valence-electron chi connectivity index (χ4n) is 7.08. The number of imidazole rings is 1. The van der Waals surface area contributed by atoms with Crippen molar-refractivity contribution in [2.24, 2.45) is 0 Å². The summed E-state index contributed by atoms with van der Waals surface area (Å²) >= 11 is 0. The lowest BCUT2D eigenvalue weighted by Crippen LogP contribution is -1.95. The fraction of sp³-hybridized carbons (Fsp3) is 0.0278. The Balaban J connectivity index is 1.43. The Bertz CT molecular complexity index is 2550. The Morgan fingerprint density at radius 3 is 2.37 bits per heavy atom. The molecular formula is C36H21N5. The third-order valence-corrected chi connectivity index (χ3v) is 8.83. The van der Waals surface area contributed by atoms with Gasteiger partial charge in [-0.2, -0.15) is 0 Å². The molecule has 0 amide bonds. The van der Waals surface area contributed by atoms with Gasteiger partial charge in [-0.05, 0) is 88.7 Å². The molecular weight excluding hydrogens is 502 g/mol. The average molecular weight is 524 g/mol. The van der Waals surface area contributed by atoms with Crippen molar-refractivity contribution >= 4 is 60.3 Å². The number of hydrogen-bond acceptors (Lipinski definition) is 3. The van der Waals surface area contributed by atoms with Crippen LogP contribution in [0.1, 0.15) is 11.1 Å². The van der Waals surface area contributed by atoms with E-state index in [2.05, 4.69) is 110 Å². The van der Waals surface area contributed by atoms with E-state index in [-0.39, 0.29) is 0 Å². The van der Waals surface area contributed by atoms with Crippen LogP contribution in [0.2, 0.25) is 0 Å². The summed E-state index contributed by atoms with van der Waals surface area (Å²) in [6, 6.07) is 35.1. The van der Waals surface area contributed by atoms with E-state index in [9.17, 15) is 0 Å². The lowest BCUT2D eigenvalue weighted by atomic mass is 10.0. The predicted molar refractivity (Wildman–Crippen MR) is 166 cm³/mol. The van der Waals surface area contributed by atoms with E-state index in [4.69, 9.17) is 4.98 Å². The van der Waals surface area contributed by atoms with Gasteiger partial charge in [-0.1, -0.05) is 42.5 Å². The van der Waals surface area contributed by atoms with Crippen LogP contribution in [0.15, 0.2) is 116 Å². The lowest BCUT2D eigenvalue weighted by molar-refractivity contribution is 1.18. The molecule has 0 N–H and O–H groups in total. The molecule has 1 aliphatic rings. The molecule has 0 aliphatic heterocycles. The molecule has 4 aromatic carbocycles. The van der Waals surface area contributed by atoms with Gasteiger partial charge < -0.3 is 4.57 Å². The molecule has 190 valence electrons. The largest absolute Gasteiger partial charge is 0.309 e. The second kappa shape index (κ2) is 7.55. The molecule has 0 bridgehead atoms. The van der Waals surface area contributed by atoms with E-state index in [1.54, 1.807) is 0 Å². The molecule has 1 aliphatic carbocycles. The van der Waals surface area contributed by atoms with Gasteiger partial charge in [0.25, 0.3) is 0 Å². The highest BCUT2D eigenvalue weighted by Gasteiger charge is 2.23. The van der Waals surface area contributed by atoms with Gasteiger partial charge in [0, 0.05) is 45.8 Å². The molecule has 5 aromatic heterocycles. The summed E-state index contributed by atoms with van der Waals surface area (Å²) in [4.78, 5) is 14.2. The first-order valence-electron chi connectivity index (χ1n) is 13.9. The van der Waals surface area contributed by atoms with Crippen molar-refractivity contribution < 1.29 is 0 Å². The molecule has 0 saturated heterocycles. The van der Waals surface area contributed by atoms with Crippen molar-refractivity contribution in [3.63, 3.8) is 0 Å². The maximum Gasteiger partial charge on any atom is 0.178 e. The van der Waals surface area contributed by atoms with Gasteiger partial charge in [-0.25, -0.2) is 9.97 Å². The third kappa shape index (κ3) is 2.72. The van der Waals surface area contributed by atoms with Crippen molar-refractivity contribution in [3.8, 4) is 16.8 Å². The molecule has 41 heavy (non-hydrogen) atoms.